The quantitative estimate of drug-likeness (QED) is 0.666. The van der Waals surface area contributed by atoms with Crippen LogP contribution in [0.4, 0.5) is 5.69 Å². The zero-order chi connectivity index (χ0) is 14.7. The van der Waals surface area contributed by atoms with Gasteiger partial charge in [0.25, 0.3) is 5.69 Å². The Morgan fingerprint density at radius 1 is 1.45 bits per heavy atom. The summed E-state index contributed by atoms with van der Waals surface area (Å²) < 4.78 is 0. The molecule has 1 aliphatic rings. The minimum Gasteiger partial charge on any atom is -0.341 e. The largest absolute Gasteiger partial charge is 0.341 e. The first-order chi connectivity index (χ1) is 9.47. The first-order valence-corrected chi connectivity index (χ1v) is 6.74. The summed E-state index contributed by atoms with van der Waals surface area (Å²) in [7, 11) is 0. The van der Waals surface area contributed by atoms with Gasteiger partial charge in [-0.2, -0.15) is 0 Å². The van der Waals surface area contributed by atoms with E-state index in [9.17, 15) is 14.9 Å². The number of nitro benzene ring substituents is 1. The number of nitrogens with zero attached hydrogens (tertiary/aromatic N) is 2. The van der Waals surface area contributed by atoms with Crippen molar-refractivity contribution in [1.82, 2.24) is 4.90 Å². The fourth-order valence-electron chi connectivity index (χ4n) is 2.35. The first kappa shape index (κ1) is 14.5. The highest BCUT2D eigenvalue weighted by Gasteiger charge is 2.26. The second-order valence-electron chi connectivity index (χ2n) is 5.37. The Morgan fingerprint density at radius 3 is 2.65 bits per heavy atom. The van der Waals surface area contributed by atoms with E-state index in [1.54, 1.807) is 17.0 Å². The summed E-state index contributed by atoms with van der Waals surface area (Å²) in [4.78, 5) is 24.1. The fraction of sp³-hybridized carbons (Fsp3) is 0.500. The third kappa shape index (κ3) is 3.33. The molecule has 2 N–H and O–H groups in total. The lowest BCUT2D eigenvalue weighted by molar-refractivity contribution is -0.384. The van der Waals surface area contributed by atoms with Crippen LogP contribution in [0.15, 0.2) is 24.3 Å². The zero-order valence-corrected chi connectivity index (χ0v) is 11.5. The lowest BCUT2D eigenvalue weighted by atomic mass is 9.94. The van der Waals surface area contributed by atoms with Gasteiger partial charge in [-0.3, -0.25) is 14.9 Å². The van der Waals surface area contributed by atoms with Gasteiger partial charge in [0, 0.05) is 31.3 Å². The highest BCUT2D eigenvalue weighted by Crippen LogP contribution is 2.17. The number of amides is 1. The monoisotopic (exact) mass is 277 g/mol. The molecule has 6 nitrogen and oxygen atoms in total. The average Bonchev–Trinajstić information content (AvgIpc) is 2.42. The Balaban J connectivity index is 1.96. The number of benzene rings is 1. The third-order valence-corrected chi connectivity index (χ3v) is 3.87. The van der Waals surface area contributed by atoms with Crippen molar-refractivity contribution in [3.63, 3.8) is 0 Å². The smallest absolute Gasteiger partial charge is 0.269 e. The van der Waals surface area contributed by atoms with Crippen molar-refractivity contribution in [2.24, 2.45) is 11.7 Å². The van der Waals surface area contributed by atoms with E-state index in [-0.39, 0.29) is 24.1 Å². The van der Waals surface area contributed by atoms with E-state index in [2.05, 4.69) is 6.92 Å². The van der Waals surface area contributed by atoms with Crippen LogP contribution in [0.25, 0.3) is 0 Å². The van der Waals surface area contributed by atoms with Crippen molar-refractivity contribution in [2.75, 3.05) is 13.1 Å². The number of non-ortho nitro benzene ring substituents is 1. The van der Waals surface area contributed by atoms with Gasteiger partial charge in [-0.15, -0.1) is 0 Å². The zero-order valence-electron chi connectivity index (χ0n) is 11.5. The van der Waals surface area contributed by atoms with Crippen molar-refractivity contribution in [1.29, 1.82) is 0 Å². The van der Waals surface area contributed by atoms with E-state index < -0.39 is 4.92 Å². The molecule has 1 heterocycles. The van der Waals surface area contributed by atoms with Crippen molar-refractivity contribution in [2.45, 2.75) is 25.8 Å². The van der Waals surface area contributed by atoms with Crippen LogP contribution in [0, 0.1) is 16.0 Å². The molecule has 2 rings (SSSR count). The summed E-state index contributed by atoms with van der Waals surface area (Å²) >= 11 is 0. The molecule has 0 bridgehead atoms. The molecule has 20 heavy (non-hydrogen) atoms. The number of carbonyl (C=O) groups is 1. The molecule has 1 amide bonds. The highest BCUT2D eigenvalue weighted by atomic mass is 16.6. The van der Waals surface area contributed by atoms with Crippen LogP contribution in [-0.2, 0) is 11.2 Å². The number of hydrogen-bond donors (Lipinski definition) is 1. The lowest BCUT2D eigenvalue weighted by Gasteiger charge is -2.35. The number of likely N-dealkylation sites (tertiary alicyclic amines) is 1. The first-order valence-electron chi connectivity index (χ1n) is 6.74. The lowest BCUT2D eigenvalue weighted by Crippen LogP contribution is -2.50. The van der Waals surface area contributed by atoms with Gasteiger partial charge in [0.2, 0.25) is 5.91 Å². The van der Waals surface area contributed by atoms with Crippen LogP contribution in [0.3, 0.4) is 0 Å². The summed E-state index contributed by atoms with van der Waals surface area (Å²) in [5.41, 5.74) is 6.81. The normalized spacial score (nSPS) is 22.6. The van der Waals surface area contributed by atoms with Crippen molar-refractivity contribution >= 4 is 11.6 Å². The van der Waals surface area contributed by atoms with Gasteiger partial charge < -0.3 is 10.6 Å². The summed E-state index contributed by atoms with van der Waals surface area (Å²) in [6, 6.07) is 6.13. The van der Waals surface area contributed by atoms with Crippen molar-refractivity contribution < 1.29 is 9.72 Å². The topological polar surface area (TPSA) is 89.5 Å². The van der Waals surface area contributed by atoms with E-state index in [0.29, 0.717) is 12.5 Å². The number of hydrogen-bond acceptors (Lipinski definition) is 4. The van der Waals surface area contributed by atoms with Crippen LogP contribution >= 0.6 is 0 Å². The van der Waals surface area contributed by atoms with Gasteiger partial charge in [-0.05, 0) is 17.9 Å². The molecule has 1 saturated heterocycles. The highest BCUT2D eigenvalue weighted by molar-refractivity contribution is 5.79. The molecule has 1 aromatic carbocycles. The molecule has 0 spiro atoms. The molecule has 0 saturated carbocycles. The predicted molar refractivity (Wildman–Crippen MR) is 75.1 cm³/mol. The Hall–Kier alpha value is -1.95. The molecule has 0 aliphatic carbocycles. The van der Waals surface area contributed by atoms with E-state index >= 15 is 0 Å². The molecule has 1 aromatic rings. The maximum absolute atomic E-state index is 12.2. The van der Waals surface area contributed by atoms with Crippen LogP contribution in [-0.4, -0.2) is 34.9 Å². The molecule has 0 radical (unpaired) electrons. The van der Waals surface area contributed by atoms with Crippen LogP contribution in [0.1, 0.15) is 18.9 Å². The SMILES string of the molecule is CC1CCN(C(=O)Cc2ccc([N+](=O)[O-])cc2)CC1N. The van der Waals surface area contributed by atoms with Gasteiger partial charge in [-0.25, -0.2) is 0 Å². The number of carbonyl (C=O) groups excluding carboxylic acids is 1. The average molecular weight is 277 g/mol. The van der Waals surface area contributed by atoms with E-state index in [1.807, 2.05) is 0 Å². The summed E-state index contributed by atoms with van der Waals surface area (Å²) in [5.74, 6) is 0.472. The Morgan fingerprint density at radius 2 is 2.10 bits per heavy atom. The van der Waals surface area contributed by atoms with Gasteiger partial charge in [0.15, 0.2) is 0 Å². The van der Waals surface area contributed by atoms with Crippen LogP contribution in [0.5, 0.6) is 0 Å². The standard InChI is InChI=1S/C14H19N3O3/c1-10-6-7-16(9-13(10)15)14(18)8-11-2-4-12(5-3-11)17(19)20/h2-5,10,13H,6-9,15H2,1H3. The molecule has 1 aliphatic heterocycles. The minimum atomic E-state index is -0.448. The Bertz CT molecular complexity index is 501. The molecular weight excluding hydrogens is 258 g/mol. The number of nitro groups is 1. The molecule has 1 fully saturated rings. The van der Waals surface area contributed by atoms with Crippen molar-refractivity contribution in [3.8, 4) is 0 Å². The Kier molecular flexibility index (Phi) is 4.34. The molecule has 0 aromatic heterocycles. The van der Waals surface area contributed by atoms with Gasteiger partial charge in [0.05, 0.1) is 11.3 Å². The van der Waals surface area contributed by atoms with Gasteiger partial charge in [0.1, 0.15) is 0 Å². The summed E-state index contributed by atoms with van der Waals surface area (Å²) in [6.45, 7) is 3.43. The van der Waals surface area contributed by atoms with Crippen molar-refractivity contribution in [3.05, 3.63) is 39.9 Å². The second-order valence-corrected chi connectivity index (χ2v) is 5.37. The Labute approximate surface area is 117 Å². The van der Waals surface area contributed by atoms with E-state index in [0.717, 1.165) is 18.5 Å². The predicted octanol–water partition coefficient (Wildman–Crippen LogP) is 1.33. The second kappa shape index (κ2) is 6.00. The third-order valence-electron chi connectivity index (χ3n) is 3.87. The summed E-state index contributed by atoms with van der Waals surface area (Å²) in [6.07, 6.45) is 1.19. The van der Waals surface area contributed by atoms with E-state index in [1.165, 1.54) is 12.1 Å². The molecule has 2 atom stereocenters. The minimum absolute atomic E-state index is 0.0289. The summed E-state index contributed by atoms with van der Waals surface area (Å²) in [5, 5.41) is 10.6. The fourth-order valence-corrected chi connectivity index (χ4v) is 2.35. The van der Waals surface area contributed by atoms with Gasteiger partial charge >= 0.3 is 0 Å². The number of nitrogens with two attached hydrogens (primary N) is 1. The number of rotatable bonds is 3. The van der Waals surface area contributed by atoms with Crippen LogP contribution in [0.2, 0.25) is 0 Å². The molecule has 2 unspecified atom stereocenters. The van der Waals surface area contributed by atoms with Crippen LogP contribution < -0.4 is 5.73 Å². The maximum Gasteiger partial charge on any atom is 0.269 e. The number of piperidine rings is 1. The van der Waals surface area contributed by atoms with E-state index in [4.69, 9.17) is 5.73 Å². The maximum atomic E-state index is 12.2. The molecule has 6 heteroatoms. The molecule has 108 valence electrons. The van der Waals surface area contributed by atoms with Gasteiger partial charge in [-0.1, -0.05) is 19.1 Å². The molecular formula is C14H19N3O3.